The van der Waals surface area contributed by atoms with Crippen molar-refractivity contribution in [1.82, 2.24) is 9.78 Å². The van der Waals surface area contributed by atoms with E-state index in [1.165, 1.54) is 5.56 Å². The van der Waals surface area contributed by atoms with Gasteiger partial charge in [-0.15, -0.1) is 0 Å². The van der Waals surface area contributed by atoms with Crippen molar-refractivity contribution in [3.05, 3.63) is 41.6 Å². The van der Waals surface area contributed by atoms with Crippen LogP contribution in [-0.4, -0.2) is 23.5 Å². The lowest BCUT2D eigenvalue weighted by Crippen LogP contribution is -2.05. The molecule has 2 N–H and O–H groups in total. The van der Waals surface area contributed by atoms with E-state index >= 15 is 0 Å². The molecule has 2 aromatic rings. The molecule has 1 aromatic carbocycles. The number of benzene rings is 1. The van der Waals surface area contributed by atoms with E-state index in [2.05, 4.69) is 18.1 Å². The third kappa shape index (κ3) is 2.54. The Morgan fingerprint density at radius 1 is 1.33 bits per heavy atom. The van der Waals surface area contributed by atoms with Crippen LogP contribution in [0.2, 0.25) is 0 Å². The second-order valence-electron chi connectivity index (χ2n) is 4.20. The first kappa shape index (κ1) is 12.6. The Kier molecular flexibility index (Phi) is 3.99. The number of aromatic nitrogens is 2. The number of aryl methyl sites for hydroxylation is 1. The number of para-hydroxylation sites is 1. The van der Waals surface area contributed by atoms with Gasteiger partial charge in [-0.3, -0.25) is 0 Å². The summed E-state index contributed by atoms with van der Waals surface area (Å²) in [6, 6.07) is 10.1. The highest BCUT2D eigenvalue weighted by Gasteiger charge is 2.09. The third-order valence-corrected chi connectivity index (χ3v) is 2.95. The van der Waals surface area contributed by atoms with Gasteiger partial charge in [-0.1, -0.05) is 25.1 Å². The molecule has 0 unspecified atom stereocenters. The largest absolute Gasteiger partial charge is 0.384 e. The zero-order chi connectivity index (χ0) is 13.0. The standard InChI is InChI=1S/C14H19N3O/c1-3-11-6-4-5-7-13(11)17-14(15)10-12(16-17)8-9-18-2/h4-7,10H,3,8-9,15H2,1-2H3. The van der Waals surface area contributed by atoms with Gasteiger partial charge in [0.05, 0.1) is 18.0 Å². The minimum Gasteiger partial charge on any atom is -0.384 e. The number of nitrogens with two attached hydrogens (primary N) is 1. The minimum atomic E-state index is 0.659. The minimum absolute atomic E-state index is 0.659. The van der Waals surface area contributed by atoms with E-state index in [9.17, 15) is 0 Å². The van der Waals surface area contributed by atoms with E-state index in [0.29, 0.717) is 12.4 Å². The van der Waals surface area contributed by atoms with Gasteiger partial charge in [0.1, 0.15) is 5.82 Å². The summed E-state index contributed by atoms with van der Waals surface area (Å²) in [6.07, 6.45) is 1.74. The number of nitrogen functional groups attached to an aromatic ring is 1. The highest BCUT2D eigenvalue weighted by atomic mass is 16.5. The second-order valence-corrected chi connectivity index (χ2v) is 4.20. The SMILES string of the molecule is CCc1ccccc1-n1nc(CCOC)cc1N. The van der Waals surface area contributed by atoms with Gasteiger partial charge in [0.2, 0.25) is 0 Å². The number of nitrogens with zero attached hydrogens (tertiary/aromatic N) is 2. The molecule has 0 aliphatic heterocycles. The summed E-state index contributed by atoms with van der Waals surface area (Å²) < 4.78 is 6.86. The lowest BCUT2D eigenvalue weighted by molar-refractivity contribution is 0.201. The van der Waals surface area contributed by atoms with Crippen LogP contribution in [0.15, 0.2) is 30.3 Å². The van der Waals surface area contributed by atoms with Crippen LogP contribution in [0.1, 0.15) is 18.2 Å². The topological polar surface area (TPSA) is 53.1 Å². The van der Waals surface area contributed by atoms with Crippen LogP contribution in [0, 0.1) is 0 Å². The summed E-state index contributed by atoms with van der Waals surface area (Å²) >= 11 is 0. The monoisotopic (exact) mass is 245 g/mol. The van der Waals surface area contributed by atoms with Crippen molar-refractivity contribution < 1.29 is 4.74 Å². The highest BCUT2D eigenvalue weighted by Crippen LogP contribution is 2.19. The Bertz CT molecular complexity index is 520. The van der Waals surface area contributed by atoms with Gasteiger partial charge in [0, 0.05) is 19.6 Å². The molecule has 96 valence electrons. The molecule has 0 radical (unpaired) electrons. The fourth-order valence-electron chi connectivity index (χ4n) is 1.99. The van der Waals surface area contributed by atoms with Crippen LogP contribution in [0.3, 0.4) is 0 Å². The summed E-state index contributed by atoms with van der Waals surface area (Å²) in [7, 11) is 1.69. The first-order valence-electron chi connectivity index (χ1n) is 6.18. The Hall–Kier alpha value is -1.81. The fourth-order valence-corrected chi connectivity index (χ4v) is 1.99. The van der Waals surface area contributed by atoms with Gasteiger partial charge in [-0.05, 0) is 18.1 Å². The first-order valence-corrected chi connectivity index (χ1v) is 6.18. The summed E-state index contributed by atoms with van der Waals surface area (Å²) in [5.41, 5.74) is 9.28. The summed E-state index contributed by atoms with van der Waals surface area (Å²) in [5.74, 6) is 0.669. The lowest BCUT2D eigenvalue weighted by atomic mass is 10.1. The number of hydrogen-bond donors (Lipinski definition) is 1. The Labute approximate surface area is 107 Å². The van der Waals surface area contributed by atoms with Gasteiger partial charge in [0.25, 0.3) is 0 Å². The Morgan fingerprint density at radius 3 is 2.83 bits per heavy atom. The number of hydrogen-bond acceptors (Lipinski definition) is 3. The third-order valence-electron chi connectivity index (χ3n) is 2.95. The second kappa shape index (κ2) is 5.69. The molecular weight excluding hydrogens is 226 g/mol. The molecule has 0 aliphatic rings. The molecule has 0 atom stereocenters. The van der Waals surface area contributed by atoms with Crippen LogP contribution < -0.4 is 5.73 Å². The smallest absolute Gasteiger partial charge is 0.127 e. The molecule has 1 heterocycles. The molecule has 2 rings (SSSR count). The normalized spacial score (nSPS) is 10.8. The molecule has 4 nitrogen and oxygen atoms in total. The molecule has 0 amide bonds. The molecule has 0 fully saturated rings. The summed E-state index contributed by atoms with van der Waals surface area (Å²) in [6.45, 7) is 2.79. The summed E-state index contributed by atoms with van der Waals surface area (Å²) in [4.78, 5) is 0. The summed E-state index contributed by atoms with van der Waals surface area (Å²) in [5, 5.41) is 4.54. The Morgan fingerprint density at radius 2 is 2.11 bits per heavy atom. The van der Waals surface area contributed by atoms with Crippen LogP contribution in [0.5, 0.6) is 0 Å². The van der Waals surface area contributed by atoms with Gasteiger partial charge >= 0.3 is 0 Å². The van der Waals surface area contributed by atoms with Crippen LogP contribution >= 0.6 is 0 Å². The first-order chi connectivity index (χ1) is 8.76. The maximum absolute atomic E-state index is 6.03. The van der Waals surface area contributed by atoms with E-state index in [-0.39, 0.29) is 0 Å². The molecule has 1 aromatic heterocycles. The molecule has 4 heteroatoms. The number of anilines is 1. The van der Waals surface area contributed by atoms with E-state index in [4.69, 9.17) is 10.5 Å². The number of rotatable bonds is 5. The lowest BCUT2D eigenvalue weighted by Gasteiger charge is -2.08. The zero-order valence-corrected chi connectivity index (χ0v) is 10.9. The molecule has 0 spiro atoms. The van der Waals surface area contributed by atoms with E-state index < -0.39 is 0 Å². The van der Waals surface area contributed by atoms with Crippen molar-refractivity contribution >= 4 is 5.82 Å². The van der Waals surface area contributed by atoms with Crippen molar-refractivity contribution in [3.8, 4) is 5.69 Å². The van der Waals surface area contributed by atoms with Crippen LogP contribution in [0.4, 0.5) is 5.82 Å². The highest BCUT2D eigenvalue weighted by molar-refractivity contribution is 5.47. The maximum atomic E-state index is 6.03. The maximum Gasteiger partial charge on any atom is 0.127 e. The van der Waals surface area contributed by atoms with Crippen molar-refractivity contribution in [2.45, 2.75) is 19.8 Å². The van der Waals surface area contributed by atoms with E-state index in [1.807, 2.05) is 28.9 Å². The van der Waals surface area contributed by atoms with E-state index in [1.54, 1.807) is 7.11 Å². The predicted molar refractivity (Wildman–Crippen MR) is 72.9 cm³/mol. The van der Waals surface area contributed by atoms with Crippen molar-refractivity contribution in [2.75, 3.05) is 19.5 Å². The molecule has 0 bridgehead atoms. The molecule has 0 saturated heterocycles. The van der Waals surface area contributed by atoms with Crippen molar-refractivity contribution in [3.63, 3.8) is 0 Å². The molecule has 18 heavy (non-hydrogen) atoms. The number of ether oxygens (including phenoxy) is 1. The molecule has 0 saturated carbocycles. The van der Waals surface area contributed by atoms with Gasteiger partial charge in [0.15, 0.2) is 0 Å². The average molecular weight is 245 g/mol. The quantitative estimate of drug-likeness (QED) is 0.878. The zero-order valence-electron chi connectivity index (χ0n) is 10.9. The van der Waals surface area contributed by atoms with Crippen LogP contribution in [-0.2, 0) is 17.6 Å². The van der Waals surface area contributed by atoms with Crippen molar-refractivity contribution in [1.29, 1.82) is 0 Å². The number of methoxy groups -OCH3 is 1. The van der Waals surface area contributed by atoms with E-state index in [0.717, 1.165) is 24.2 Å². The van der Waals surface area contributed by atoms with Gasteiger partial charge in [-0.2, -0.15) is 5.10 Å². The van der Waals surface area contributed by atoms with Crippen LogP contribution in [0.25, 0.3) is 5.69 Å². The molecular formula is C14H19N3O. The van der Waals surface area contributed by atoms with Gasteiger partial charge < -0.3 is 10.5 Å². The average Bonchev–Trinajstić information content (AvgIpc) is 2.77. The Balaban J connectivity index is 2.35. The van der Waals surface area contributed by atoms with Gasteiger partial charge in [-0.25, -0.2) is 4.68 Å². The molecule has 0 aliphatic carbocycles. The fraction of sp³-hybridized carbons (Fsp3) is 0.357. The van der Waals surface area contributed by atoms with Crippen molar-refractivity contribution in [2.24, 2.45) is 0 Å². The predicted octanol–water partition coefficient (Wildman–Crippen LogP) is 2.21.